The molecular formula is C53H36N2O2. The van der Waals surface area contributed by atoms with Gasteiger partial charge in [0.15, 0.2) is 11.2 Å². The summed E-state index contributed by atoms with van der Waals surface area (Å²) in [5, 5.41) is 4.47. The van der Waals surface area contributed by atoms with Gasteiger partial charge < -0.3 is 18.6 Å². The largest absolute Gasteiger partial charge is 0.454 e. The molecule has 57 heavy (non-hydrogen) atoms. The standard InChI is InChI=1S/C53H36N2O2/c1-33-12-9-15-37(32-33)55(47-21-11-19-41-39-17-6-8-23-49(39)57-53(41)47)45-31-27-35-24-28-42-44(30-26-34-25-29-43(45)51(35)50(34)42)54(36-13-3-2-4-14-36)46-20-10-18-40-38-16-5-7-22-48(38)56-52(40)46/h2-27,29-32,51H,28H2,1H3. The van der Waals surface area contributed by atoms with Gasteiger partial charge in [-0.15, -0.1) is 0 Å². The van der Waals surface area contributed by atoms with E-state index in [1.165, 1.54) is 33.4 Å². The van der Waals surface area contributed by atoms with Crippen molar-refractivity contribution in [3.8, 4) is 0 Å². The molecule has 0 saturated heterocycles. The predicted octanol–water partition coefficient (Wildman–Crippen LogP) is 14.5. The molecule has 4 nitrogen and oxygen atoms in total. The van der Waals surface area contributed by atoms with Gasteiger partial charge in [0.05, 0.1) is 22.8 Å². The number of hydrogen-bond acceptors (Lipinski definition) is 4. The molecule has 0 saturated carbocycles. The van der Waals surface area contributed by atoms with Crippen LogP contribution in [0.4, 0.5) is 28.4 Å². The van der Waals surface area contributed by atoms with Gasteiger partial charge in [-0.25, -0.2) is 0 Å². The second kappa shape index (κ2) is 12.4. The second-order valence-electron chi connectivity index (χ2n) is 15.3. The van der Waals surface area contributed by atoms with Crippen LogP contribution in [0, 0.1) is 6.92 Å². The summed E-state index contributed by atoms with van der Waals surface area (Å²) < 4.78 is 13.4. The molecule has 1 atom stereocenters. The molecule has 4 heteroatoms. The van der Waals surface area contributed by atoms with E-state index in [1.54, 1.807) is 0 Å². The third kappa shape index (κ3) is 4.80. The van der Waals surface area contributed by atoms with E-state index in [4.69, 9.17) is 8.83 Å². The van der Waals surface area contributed by atoms with Gasteiger partial charge in [-0.2, -0.15) is 0 Å². The molecule has 9 aromatic rings. The maximum atomic E-state index is 6.70. The third-order valence-corrected chi connectivity index (χ3v) is 12.0. The van der Waals surface area contributed by atoms with Crippen molar-refractivity contribution < 1.29 is 8.83 Å². The van der Waals surface area contributed by atoms with Crippen LogP contribution < -0.4 is 9.80 Å². The lowest BCUT2D eigenvalue weighted by atomic mass is 9.69. The van der Waals surface area contributed by atoms with Crippen molar-refractivity contribution in [2.45, 2.75) is 19.3 Å². The van der Waals surface area contributed by atoms with Crippen LogP contribution >= 0.6 is 0 Å². The third-order valence-electron chi connectivity index (χ3n) is 12.0. The van der Waals surface area contributed by atoms with E-state index in [9.17, 15) is 0 Å². The molecule has 0 bridgehead atoms. The van der Waals surface area contributed by atoms with Crippen molar-refractivity contribution >= 4 is 78.4 Å². The molecule has 2 heterocycles. The molecule has 0 N–H and O–H groups in total. The number of nitrogens with zero attached hydrogens (tertiary/aromatic N) is 2. The summed E-state index contributed by atoms with van der Waals surface area (Å²) in [5.41, 5.74) is 17.9. The monoisotopic (exact) mass is 732 g/mol. The number of para-hydroxylation sites is 5. The molecule has 7 aromatic carbocycles. The number of furan rings is 2. The smallest absolute Gasteiger partial charge is 0.159 e. The molecule has 3 aliphatic carbocycles. The van der Waals surface area contributed by atoms with Gasteiger partial charge in [-0.3, -0.25) is 0 Å². The van der Waals surface area contributed by atoms with E-state index < -0.39 is 0 Å². The quantitative estimate of drug-likeness (QED) is 0.170. The van der Waals surface area contributed by atoms with Crippen LogP contribution in [-0.4, -0.2) is 0 Å². The summed E-state index contributed by atoms with van der Waals surface area (Å²) in [6.45, 7) is 2.16. The topological polar surface area (TPSA) is 32.8 Å². The van der Waals surface area contributed by atoms with Crippen molar-refractivity contribution in [1.82, 2.24) is 0 Å². The van der Waals surface area contributed by atoms with E-state index >= 15 is 0 Å². The highest BCUT2D eigenvalue weighted by Gasteiger charge is 2.37. The van der Waals surface area contributed by atoms with Crippen LogP contribution in [0.5, 0.6) is 0 Å². The first kappa shape index (κ1) is 32.0. The first-order chi connectivity index (χ1) is 28.2. The van der Waals surface area contributed by atoms with Crippen molar-refractivity contribution in [3.63, 3.8) is 0 Å². The Morgan fingerprint density at radius 2 is 1.14 bits per heavy atom. The van der Waals surface area contributed by atoms with Gasteiger partial charge in [0.1, 0.15) is 11.2 Å². The van der Waals surface area contributed by atoms with Crippen molar-refractivity contribution in [2.75, 3.05) is 9.80 Å². The van der Waals surface area contributed by atoms with E-state index in [-0.39, 0.29) is 5.92 Å². The number of aryl methyl sites for hydroxylation is 1. The van der Waals surface area contributed by atoms with E-state index in [2.05, 4.69) is 187 Å². The fourth-order valence-corrected chi connectivity index (χ4v) is 9.55. The molecule has 0 radical (unpaired) electrons. The summed E-state index contributed by atoms with van der Waals surface area (Å²) in [5.74, 6) is 0.0653. The number of anilines is 5. The minimum absolute atomic E-state index is 0.0653. The minimum atomic E-state index is 0.0653. The molecule has 0 spiro atoms. The van der Waals surface area contributed by atoms with Gasteiger partial charge in [-0.1, -0.05) is 121 Å². The highest BCUT2D eigenvalue weighted by Crippen LogP contribution is 2.54. The average Bonchev–Trinajstić information content (AvgIpc) is 3.84. The Hall–Kier alpha value is -7.30. The summed E-state index contributed by atoms with van der Waals surface area (Å²) >= 11 is 0. The van der Waals surface area contributed by atoms with E-state index in [0.29, 0.717) is 0 Å². The van der Waals surface area contributed by atoms with E-state index in [0.717, 1.165) is 84.4 Å². The lowest BCUT2D eigenvalue weighted by molar-refractivity contribution is 0.668. The van der Waals surface area contributed by atoms with Crippen molar-refractivity contribution in [1.29, 1.82) is 0 Å². The molecule has 270 valence electrons. The molecule has 0 amide bonds. The Balaban J connectivity index is 1.08. The zero-order valence-corrected chi connectivity index (χ0v) is 31.3. The summed E-state index contributed by atoms with van der Waals surface area (Å²) in [6, 6.07) is 53.8. The van der Waals surface area contributed by atoms with Crippen LogP contribution in [0.15, 0.2) is 202 Å². The van der Waals surface area contributed by atoms with Gasteiger partial charge >= 0.3 is 0 Å². The molecule has 3 aliphatic rings. The highest BCUT2D eigenvalue weighted by molar-refractivity contribution is 6.11. The summed E-state index contributed by atoms with van der Waals surface area (Å²) in [4.78, 5) is 4.81. The summed E-state index contributed by atoms with van der Waals surface area (Å²) in [7, 11) is 0. The Morgan fingerprint density at radius 1 is 0.509 bits per heavy atom. The van der Waals surface area contributed by atoms with Crippen molar-refractivity contribution in [2.24, 2.45) is 0 Å². The van der Waals surface area contributed by atoms with Gasteiger partial charge in [-0.05, 0) is 107 Å². The lowest BCUT2D eigenvalue weighted by Gasteiger charge is -2.39. The van der Waals surface area contributed by atoms with Crippen LogP contribution in [0.25, 0.3) is 50.0 Å². The van der Waals surface area contributed by atoms with Crippen LogP contribution in [0.3, 0.4) is 0 Å². The summed E-state index contributed by atoms with van der Waals surface area (Å²) in [6.07, 6.45) is 12.6. The van der Waals surface area contributed by atoms with E-state index in [1.807, 2.05) is 12.1 Å². The van der Waals surface area contributed by atoms with Gasteiger partial charge in [0.2, 0.25) is 0 Å². The molecule has 2 aromatic heterocycles. The zero-order valence-electron chi connectivity index (χ0n) is 31.3. The predicted molar refractivity (Wildman–Crippen MR) is 235 cm³/mol. The van der Waals surface area contributed by atoms with Gasteiger partial charge in [0, 0.05) is 38.8 Å². The number of rotatable bonds is 6. The molecule has 0 fully saturated rings. The Kier molecular flexibility index (Phi) is 6.93. The first-order valence-electron chi connectivity index (χ1n) is 19.7. The molecule has 12 rings (SSSR count). The maximum absolute atomic E-state index is 6.70. The highest BCUT2D eigenvalue weighted by atomic mass is 16.3. The lowest BCUT2D eigenvalue weighted by Crippen LogP contribution is -2.26. The van der Waals surface area contributed by atoms with Crippen LogP contribution in [-0.2, 0) is 6.42 Å². The van der Waals surface area contributed by atoms with Crippen LogP contribution in [0.2, 0.25) is 0 Å². The Morgan fingerprint density at radius 3 is 1.86 bits per heavy atom. The second-order valence-corrected chi connectivity index (χ2v) is 15.3. The minimum Gasteiger partial charge on any atom is -0.454 e. The SMILES string of the molecule is Cc1cccc(N(C2=C3C=Cc4ccc(N(c5ccccc5)c5cccc6c5oc5ccccc56)c5c4C3C(=CC5)C=C2)c2cccc3c2oc2ccccc23)c1. The zero-order chi connectivity index (χ0) is 37.6. The fourth-order valence-electron chi connectivity index (χ4n) is 9.55. The maximum Gasteiger partial charge on any atom is 0.159 e. The Labute approximate surface area is 330 Å². The number of fused-ring (bicyclic) bond motifs is 6. The fraction of sp³-hybridized carbons (Fsp3) is 0.0566. The van der Waals surface area contributed by atoms with Gasteiger partial charge in [0.25, 0.3) is 0 Å². The number of benzene rings is 7. The normalized spacial score (nSPS) is 15.5. The number of hydrogen-bond donors (Lipinski definition) is 0. The molecule has 1 unspecified atom stereocenters. The van der Waals surface area contributed by atoms with Crippen molar-refractivity contribution in [3.05, 3.63) is 215 Å². The first-order valence-corrected chi connectivity index (χ1v) is 19.7. The Bertz CT molecular complexity index is 3250. The molecule has 0 aliphatic heterocycles. The molecular weight excluding hydrogens is 697 g/mol. The number of allylic oxidation sites excluding steroid dienone is 6. The van der Waals surface area contributed by atoms with Crippen LogP contribution in [0.1, 0.15) is 28.2 Å². The average molecular weight is 733 g/mol.